The molecular formula is C21H28N6O2S. The van der Waals surface area contributed by atoms with Gasteiger partial charge in [0.1, 0.15) is 5.82 Å². The minimum Gasteiger partial charge on any atom is -0.312 e. The summed E-state index contributed by atoms with van der Waals surface area (Å²) < 4.78 is 28.5. The van der Waals surface area contributed by atoms with Gasteiger partial charge in [0.2, 0.25) is 10.0 Å². The number of sulfonamides is 1. The molecule has 0 saturated heterocycles. The van der Waals surface area contributed by atoms with Crippen molar-refractivity contribution in [2.45, 2.75) is 39.4 Å². The molecule has 160 valence electrons. The van der Waals surface area contributed by atoms with E-state index in [4.69, 9.17) is 0 Å². The first-order chi connectivity index (χ1) is 14.3. The van der Waals surface area contributed by atoms with Crippen LogP contribution in [0.3, 0.4) is 0 Å². The van der Waals surface area contributed by atoms with E-state index >= 15 is 0 Å². The molecule has 1 aliphatic rings. The Hall–Kier alpha value is -2.36. The second-order valence-electron chi connectivity index (χ2n) is 8.25. The molecule has 2 aromatic heterocycles. The van der Waals surface area contributed by atoms with Crippen molar-refractivity contribution in [3.05, 3.63) is 53.7 Å². The van der Waals surface area contributed by atoms with E-state index in [-0.39, 0.29) is 5.92 Å². The zero-order chi connectivity index (χ0) is 21.3. The van der Waals surface area contributed by atoms with E-state index in [0.29, 0.717) is 5.82 Å². The van der Waals surface area contributed by atoms with Crippen molar-refractivity contribution in [1.82, 2.24) is 29.4 Å². The monoisotopic (exact) mass is 428 g/mol. The Balaban J connectivity index is 1.54. The third-order valence-corrected chi connectivity index (χ3v) is 6.25. The highest BCUT2D eigenvalue weighted by molar-refractivity contribution is 7.88. The van der Waals surface area contributed by atoms with Crippen molar-refractivity contribution in [2.75, 3.05) is 19.3 Å². The number of fused-ring (bicyclic) bond motifs is 2. The predicted octanol–water partition coefficient (Wildman–Crippen LogP) is 2.13. The van der Waals surface area contributed by atoms with Crippen LogP contribution >= 0.6 is 0 Å². The molecule has 1 aromatic carbocycles. The maximum absolute atomic E-state index is 11.9. The van der Waals surface area contributed by atoms with E-state index in [1.54, 1.807) is 0 Å². The number of nitrogens with one attached hydrogen (secondary N) is 1. The Morgan fingerprint density at radius 1 is 1.10 bits per heavy atom. The lowest BCUT2D eigenvalue weighted by molar-refractivity contribution is 0.269. The Morgan fingerprint density at radius 2 is 1.90 bits per heavy atom. The first-order valence-electron chi connectivity index (χ1n) is 10.3. The smallest absolute Gasteiger partial charge is 0.209 e. The number of rotatable bonds is 6. The van der Waals surface area contributed by atoms with Gasteiger partial charge in [0.15, 0.2) is 5.82 Å². The molecular weight excluding hydrogens is 400 g/mol. The fraction of sp³-hybridized carbons (Fsp3) is 0.476. The van der Waals surface area contributed by atoms with Gasteiger partial charge in [-0.05, 0) is 23.6 Å². The summed E-state index contributed by atoms with van der Waals surface area (Å²) in [4.78, 5) is 6.87. The van der Waals surface area contributed by atoms with Crippen LogP contribution in [0.15, 0.2) is 36.5 Å². The molecule has 0 saturated carbocycles. The summed E-state index contributed by atoms with van der Waals surface area (Å²) in [6.45, 7) is 7.27. The fourth-order valence-corrected chi connectivity index (χ4v) is 4.87. The van der Waals surface area contributed by atoms with Gasteiger partial charge in [-0.3, -0.25) is 9.88 Å². The van der Waals surface area contributed by atoms with E-state index in [0.717, 1.165) is 43.9 Å². The molecule has 1 atom stereocenters. The molecule has 3 heterocycles. The van der Waals surface area contributed by atoms with Gasteiger partial charge in [-0.25, -0.2) is 13.1 Å². The van der Waals surface area contributed by atoms with Crippen molar-refractivity contribution in [3.63, 3.8) is 0 Å². The summed E-state index contributed by atoms with van der Waals surface area (Å²) in [5.41, 5.74) is 2.27. The first kappa shape index (κ1) is 20.9. The normalized spacial score (nSPS) is 16.5. The van der Waals surface area contributed by atoms with Crippen LogP contribution in [0.1, 0.15) is 37.1 Å². The standard InChI is InChI=1S/C21H28N6O2S/c1-15(2)20(25-30(3,28)29)21-24-23-19-9-11-26(12-13-27(19)21)14-16-8-10-22-18-7-5-4-6-17(16)18/h4-8,10,15,20,25H,9,11-14H2,1-3H3. The van der Waals surface area contributed by atoms with Crippen LogP contribution in [-0.4, -0.2) is 52.4 Å². The number of para-hydroxylation sites is 1. The third kappa shape index (κ3) is 4.53. The summed E-state index contributed by atoms with van der Waals surface area (Å²) in [6.07, 6.45) is 3.83. The largest absolute Gasteiger partial charge is 0.312 e. The van der Waals surface area contributed by atoms with Crippen molar-refractivity contribution >= 4 is 20.9 Å². The molecule has 1 N–H and O–H groups in total. The highest BCUT2D eigenvalue weighted by atomic mass is 32.2. The van der Waals surface area contributed by atoms with Crippen LogP contribution in [0.2, 0.25) is 0 Å². The highest BCUT2D eigenvalue weighted by Crippen LogP contribution is 2.24. The Morgan fingerprint density at radius 3 is 2.67 bits per heavy atom. The Kier molecular flexibility index (Phi) is 5.86. The van der Waals surface area contributed by atoms with Gasteiger partial charge in [-0.2, -0.15) is 0 Å². The van der Waals surface area contributed by atoms with Crippen molar-refractivity contribution in [3.8, 4) is 0 Å². The lowest BCUT2D eigenvalue weighted by Gasteiger charge is -2.23. The predicted molar refractivity (Wildman–Crippen MR) is 116 cm³/mol. The molecule has 30 heavy (non-hydrogen) atoms. The summed E-state index contributed by atoms with van der Waals surface area (Å²) in [7, 11) is -3.35. The maximum atomic E-state index is 11.9. The molecule has 3 aromatic rings. The van der Waals surface area contributed by atoms with Crippen LogP contribution < -0.4 is 4.72 Å². The van der Waals surface area contributed by atoms with Gasteiger partial charge in [-0.15, -0.1) is 10.2 Å². The molecule has 0 bridgehead atoms. The van der Waals surface area contributed by atoms with Crippen molar-refractivity contribution < 1.29 is 8.42 Å². The van der Waals surface area contributed by atoms with Crippen LogP contribution in [0, 0.1) is 5.92 Å². The van der Waals surface area contributed by atoms with E-state index in [9.17, 15) is 8.42 Å². The van der Waals surface area contributed by atoms with Gasteiger partial charge >= 0.3 is 0 Å². The second-order valence-corrected chi connectivity index (χ2v) is 10.0. The summed E-state index contributed by atoms with van der Waals surface area (Å²) in [5.74, 6) is 1.67. The quantitative estimate of drug-likeness (QED) is 0.647. The molecule has 1 unspecified atom stereocenters. The Bertz CT molecular complexity index is 1140. The zero-order valence-corrected chi connectivity index (χ0v) is 18.4. The van der Waals surface area contributed by atoms with Gasteiger partial charge in [0.05, 0.1) is 17.8 Å². The SMILES string of the molecule is CC(C)C(NS(C)(=O)=O)c1nnc2n1CCN(Cc1ccnc3ccccc13)CC2. The van der Waals surface area contributed by atoms with E-state index in [2.05, 4.69) is 41.5 Å². The van der Waals surface area contributed by atoms with Gasteiger partial charge < -0.3 is 4.57 Å². The van der Waals surface area contributed by atoms with Gasteiger partial charge in [-0.1, -0.05) is 32.0 Å². The number of hydrogen-bond acceptors (Lipinski definition) is 6. The molecule has 0 aliphatic carbocycles. The second kappa shape index (κ2) is 8.41. The third-order valence-electron chi connectivity index (χ3n) is 5.57. The van der Waals surface area contributed by atoms with E-state index < -0.39 is 16.1 Å². The fourth-order valence-electron chi connectivity index (χ4n) is 4.03. The maximum Gasteiger partial charge on any atom is 0.209 e. The number of nitrogens with zero attached hydrogens (tertiary/aromatic N) is 5. The molecule has 8 nitrogen and oxygen atoms in total. The lowest BCUT2D eigenvalue weighted by Crippen LogP contribution is -2.33. The van der Waals surface area contributed by atoms with Crippen molar-refractivity contribution in [2.24, 2.45) is 5.92 Å². The topological polar surface area (TPSA) is 93.0 Å². The molecule has 0 amide bonds. The van der Waals surface area contributed by atoms with Crippen LogP contribution in [-0.2, 0) is 29.5 Å². The van der Waals surface area contributed by atoms with Gasteiger partial charge in [0, 0.05) is 44.2 Å². The first-order valence-corrected chi connectivity index (χ1v) is 12.2. The average Bonchev–Trinajstić information content (AvgIpc) is 2.99. The summed E-state index contributed by atoms with van der Waals surface area (Å²) >= 11 is 0. The molecule has 0 spiro atoms. The summed E-state index contributed by atoms with van der Waals surface area (Å²) in [6, 6.07) is 9.90. The Labute approximate surface area is 177 Å². The minimum atomic E-state index is -3.35. The van der Waals surface area contributed by atoms with Crippen LogP contribution in [0.5, 0.6) is 0 Å². The number of benzene rings is 1. The minimum absolute atomic E-state index is 0.0653. The molecule has 9 heteroatoms. The van der Waals surface area contributed by atoms with E-state index in [1.165, 1.54) is 17.2 Å². The molecule has 4 rings (SSSR count). The number of pyridine rings is 1. The van der Waals surface area contributed by atoms with Crippen molar-refractivity contribution in [1.29, 1.82) is 0 Å². The lowest BCUT2D eigenvalue weighted by atomic mass is 10.1. The van der Waals surface area contributed by atoms with Gasteiger partial charge in [0.25, 0.3) is 0 Å². The molecule has 0 radical (unpaired) electrons. The van der Waals surface area contributed by atoms with Crippen LogP contribution in [0.25, 0.3) is 10.9 Å². The molecule has 1 aliphatic heterocycles. The zero-order valence-electron chi connectivity index (χ0n) is 17.6. The summed E-state index contributed by atoms with van der Waals surface area (Å²) in [5, 5.41) is 9.92. The molecule has 0 fully saturated rings. The number of hydrogen-bond donors (Lipinski definition) is 1. The average molecular weight is 429 g/mol. The van der Waals surface area contributed by atoms with Crippen LogP contribution in [0.4, 0.5) is 0 Å². The number of aromatic nitrogens is 4. The van der Waals surface area contributed by atoms with E-state index in [1.807, 2.05) is 38.2 Å². The highest BCUT2D eigenvalue weighted by Gasteiger charge is 2.28.